The maximum absolute atomic E-state index is 11.4. The summed E-state index contributed by atoms with van der Waals surface area (Å²) in [4.78, 5) is 0. The van der Waals surface area contributed by atoms with Gasteiger partial charge in [-0.1, -0.05) is 45.7 Å². The van der Waals surface area contributed by atoms with Crippen LogP contribution in [0.15, 0.2) is 0 Å². The van der Waals surface area contributed by atoms with Crippen LogP contribution in [0.3, 0.4) is 0 Å². The lowest BCUT2D eigenvalue weighted by molar-refractivity contribution is 0.0354. The Bertz CT molecular complexity index is 98.1. The molecule has 0 aromatic heterocycles. The third-order valence-electron chi connectivity index (χ3n) is 1.78. The van der Waals surface area contributed by atoms with Crippen LogP contribution >= 0.6 is 31.9 Å². The third-order valence-corrected chi connectivity index (χ3v) is 3.90. The Morgan fingerprint density at radius 2 is 1.73 bits per heavy atom. The molecule has 0 rings (SSSR count). The minimum Gasteiger partial charge on any atom is -0.233 e. The van der Waals surface area contributed by atoms with Crippen molar-refractivity contribution in [2.75, 3.05) is 10.7 Å². The van der Waals surface area contributed by atoms with Gasteiger partial charge in [-0.15, -0.1) is 0 Å². The lowest BCUT2D eigenvalue weighted by Gasteiger charge is -2.16. The Hall–Kier alpha value is 0.920. The molecule has 0 spiro atoms. The molecule has 3 unspecified atom stereocenters. The zero-order valence-electron chi connectivity index (χ0n) is 7.02. The quantitative estimate of drug-likeness (QED) is 0.692. The first-order valence-electron chi connectivity index (χ1n) is 3.89. The van der Waals surface area contributed by atoms with Gasteiger partial charge in [-0.05, 0) is 18.3 Å². The van der Waals surface area contributed by atoms with E-state index in [0.29, 0.717) is 5.92 Å². The van der Waals surface area contributed by atoms with Crippen LogP contribution in [0.1, 0.15) is 20.3 Å². The van der Waals surface area contributed by atoms with Gasteiger partial charge in [0.1, 0.15) is 0 Å². The highest BCUT2D eigenvalue weighted by molar-refractivity contribution is 9.09. The first-order valence-corrected chi connectivity index (χ1v) is 6.13. The molecule has 0 bridgehead atoms. The molecule has 0 amide bonds. The molecule has 0 aliphatic rings. The molecule has 0 saturated heterocycles. The van der Waals surface area contributed by atoms with Crippen molar-refractivity contribution >= 4 is 31.9 Å². The van der Waals surface area contributed by atoms with E-state index >= 15 is 0 Å². The average molecular weight is 287 g/mol. The van der Waals surface area contributed by atoms with E-state index < -0.39 is 6.10 Å². The fourth-order valence-corrected chi connectivity index (χ4v) is 1.47. The van der Waals surface area contributed by atoms with Gasteiger partial charge in [0.05, 0.1) is 6.10 Å². The monoisotopic (exact) mass is 285 g/mol. The first-order chi connectivity index (χ1) is 5.11. The highest BCUT2D eigenvalue weighted by atomic mass is 79.9. The molecule has 0 N–H and O–H groups in total. The molecule has 11 heavy (non-hydrogen) atoms. The fourth-order valence-electron chi connectivity index (χ4n) is 0.791. The Morgan fingerprint density at radius 1 is 1.18 bits per heavy atom. The predicted octanol–water partition coefficient (Wildman–Crippen LogP) is 3.24. The van der Waals surface area contributed by atoms with Crippen LogP contribution in [0.25, 0.3) is 0 Å². The van der Waals surface area contributed by atoms with Gasteiger partial charge in [0.25, 0.3) is 0 Å². The topological polar surface area (TPSA) is 19.9 Å². The second-order valence-corrected chi connectivity index (χ2v) is 4.46. The van der Waals surface area contributed by atoms with E-state index in [9.17, 15) is 5.11 Å². The van der Waals surface area contributed by atoms with Crippen molar-refractivity contribution < 1.29 is 5.11 Å². The van der Waals surface area contributed by atoms with Crippen LogP contribution in [-0.4, -0.2) is 16.8 Å². The van der Waals surface area contributed by atoms with Gasteiger partial charge in [-0.2, -0.15) is 0 Å². The van der Waals surface area contributed by atoms with Crippen molar-refractivity contribution in [3.8, 4) is 0 Å². The Balaban J connectivity index is 3.58. The van der Waals surface area contributed by atoms with Crippen molar-refractivity contribution in [1.82, 2.24) is 0 Å². The molecule has 1 nitrogen and oxygen atoms in total. The molecule has 3 atom stereocenters. The molecule has 1 radical (unpaired) electrons. The lowest BCUT2D eigenvalue weighted by atomic mass is 9.97. The molecule has 0 aromatic carbocycles. The maximum atomic E-state index is 11.4. The van der Waals surface area contributed by atoms with E-state index in [1.807, 2.05) is 6.92 Å². The molecule has 0 fully saturated rings. The Labute approximate surface area is 85.8 Å². The molecular weight excluding hydrogens is 272 g/mol. The average Bonchev–Trinajstić information content (AvgIpc) is 2.02. The molecule has 0 aromatic rings. The highest BCUT2D eigenvalue weighted by Gasteiger charge is 2.17. The summed E-state index contributed by atoms with van der Waals surface area (Å²) >= 11 is 6.68. The summed E-state index contributed by atoms with van der Waals surface area (Å²) in [6.45, 7) is 4.09. The van der Waals surface area contributed by atoms with Crippen molar-refractivity contribution in [3.05, 3.63) is 0 Å². The minimum absolute atomic E-state index is 0.247. The molecule has 67 valence electrons. The van der Waals surface area contributed by atoms with Gasteiger partial charge < -0.3 is 0 Å². The summed E-state index contributed by atoms with van der Waals surface area (Å²) in [5.74, 6) is 0.746. The molecule has 0 aliphatic heterocycles. The van der Waals surface area contributed by atoms with Crippen LogP contribution in [0.5, 0.6) is 0 Å². The van der Waals surface area contributed by atoms with E-state index in [1.165, 1.54) is 0 Å². The maximum Gasteiger partial charge on any atom is 0.0966 e. The molecule has 0 saturated carbocycles. The largest absolute Gasteiger partial charge is 0.233 e. The minimum atomic E-state index is -0.415. The highest BCUT2D eigenvalue weighted by Crippen LogP contribution is 2.16. The first kappa shape index (κ1) is 11.9. The van der Waals surface area contributed by atoms with E-state index in [1.54, 1.807) is 0 Å². The van der Waals surface area contributed by atoms with Crippen LogP contribution in [-0.2, 0) is 5.11 Å². The summed E-state index contributed by atoms with van der Waals surface area (Å²) in [5.41, 5.74) is 0. The number of alkyl halides is 2. The number of halogens is 2. The summed E-state index contributed by atoms with van der Waals surface area (Å²) < 4.78 is 0. The van der Waals surface area contributed by atoms with E-state index in [-0.39, 0.29) is 5.92 Å². The van der Waals surface area contributed by atoms with Gasteiger partial charge in [0.2, 0.25) is 0 Å². The van der Waals surface area contributed by atoms with Gasteiger partial charge in [0.15, 0.2) is 0 Å². The molecule has 0 aliphatic carbocycles. The summed E-state index contributed by atoms with van der Waals surface area (Å²) in [5, 5.41) is 13.1. The SMILES string of the molecule is CC(CBr)CC([O])C(C)CBr. The summed E-state index contributed by atoms with van der Waals surface area (Å²) in [6, 6.07) is 0. The van der Waals surface area contributed by atoms with Crippen LogP contribution < -0.4 is 0 Å². The molecular formula is C8H15Br2O. The standard InChI is InChI=1S/C8H15Br2O/c1-6(4-9)3-8(11)7(2)5-10/h6-8H,3-5H2,1-2H3. The summed E-state index contributed by atoms with van der Waals surface area (Å²) in [7, 11) is 0. The smallest absolute Gasteiger partial charge is 0.0966 e. The van der Waals surface area contributed by atoms with Crippen molar-refractivity contribution in [1.29, 1.82) is 0 Å². The zero-order chi connectivity index (χ0) is 8.85. The zero-order valence-corrected chi connectivity index (χ0v) is 10.2. The Morgan fingerprint density at radius 3 is 2.09 bits per heavy atom. The predicted molar refractivity (Wildman–Crippen MR) is 55.0 cm³/mol. The lowest BCUT2D eigenvalue weighted by Crippen LogP contribution is -2.20. The number of rotatable bonds is 5. The van der Waals surface area contributed by atoms with Crippen molar-refractivity contribution in [2.24, 2.45) is 11.8 Å². The number of hydrogen-bond acceptors (Lipinski definition) is 0. The normalized spacial score (nSPS) is 19.4. The van der Waals surface area contributed by atoms with Crippen LogP contribution in [0, 0.1) is 11.8 Å². The van der Waals surface area contributed by atoms with Gasteiger partial charge >= 0.3 is 0 Å². The second kappa shape index (κ2) is 6.44. The van der Waals surface area contributed by atoms with Crippen molar-refractivity contribution in [3.63, 3.8) is 0 Å². The van der Waals surface area contributed by atoms with Crippen molar-refractivity contribution in [2.45, 2.75) is 26.4 Å². The van der Waals surface area contributed by atoms with Gasteiger partial charge in [0, 0.05) is 10.7 Å². The van der Waals surface area contributed by atoms with E-state index in [0.717, 1.165) is 17.1 Å². The third kappa shape index (κ3) is 5.21. The van der Waals surface area contributed by atoms with E-state index in [2.05, 4.69) is 38.8 Å². The fraction of sp³-hybridized carbons (Fsp3) is 1.00. The van der Waals surface area contributed by atoms with E-state index in [4.69, 9.17) is 0 Å². The second-order valence-electron chi connectivity index (χ2n) is 3.17. The molecule has 3 heteroatoms. The van der Waals surface area contributed by atoms with Crippen LogP contribution in [0.2, 0.25) is 0 Å². The summed E-state index contributed by atoms with van der Waals surface area (Å²) in [6.07, 6.45) is 0.361. The molecule has 0 heterocycles. The number of hydrogen-bond donors (Lipinski definition) is 0. The van der Waals surface area contributed by atoms with Crippen LogP contribution in [0.4, 0.5) is 0 Å². The van der Waals surface area contributed by atoms with Gasteiger partial charge in [-0.25, -0.2) is 5.11 Å². The van der Waals surface area contributed by atoms with Gasteiger partial charge in [-0.3, -0.25) is 0 Å². The Kier molecular flexibility index (Phi) is 6.98.